The van der Waals surface area contributed by atoms with Gasteiger partial charge in [0, 0.05) is 38.5 Å². The molecule has 132 valence electrons. The number of anilines is 1. The van der Waals surface area contributed by atoms with Crippen molar-refractivity contribution in [2.45, 2.75) is 38.8 Å². The topological polar surface area (TPSA) is 80.1 Å². The van der Waals surface area contributed by atoms with Gasteiger partial charge in [-0.3, -0.25) is 9.59 Å². The number of amides is 1. The van der Waals surface area contributed by atoms with Gasteiger partial charge in [0.1, 0.15) is 11.9 Å². The first-order valence-electron chi connectivity index (χ1n) is 8.48. The van der Waals surface area contributed by atoms with Gasteiger partial charge in [0.15, 0.2) is 0 Å². The second kappa shape index (κ2) is 7.04. The minimum absolute atomic E-state index is 0.223. The van der Waals surface area contributed by atoms with Gasteiger partial charge >= 0.3 is 0 Å². The molecule has 0 spiro atoms. The van der Waals surface area contributed by atoms with Gasteiger partial charge in [0.2, 0.25) is 5.91 Å². The highest BCUT2D eigenvalue weighted by Crippen LogP contribution is 2.18. The van der Waals surface area contributed by atoms with Crippen LogP contribution < -0.4 is 15.8 Å². The molecule has 0 saturated carbocycles. The molecule has 1 aliphatic carbocycles. The summed E-state index contributed by atoms with van der Waals surface area (Å²) in [6.45, 7) is 2.05. The van der Waals surface area contributed by atoms with Crippen molar-refractivity contribution in [1.82, 2.24) is 20.1 Å². The normalized spacial score (nSPS) is 14.0. The third-order valence-corrected chi connectivity index (χ3v) is 4.47. The van der Waals surface area contributed by atoms with Crippen molar-refractivity contribution in [2.24, 2.45) is 0 Å². The van der Waals surface area contributed by atoms with E-state index in [4.69, 9.17) is 0 Å². The first kappa shape index (κ1) is 17.1. The van der Waals surface area contributed by atoms with Crippen LogP contribution in [0.4, 0.5) is 5.82 Å². The van der Waals surface area contributed by atoms with Crippen molar-refractivity contribution >= 4 is 11.7 Å². The van der Waals surface area contributed by atoms with Crippen LogP contribution in [-0.4, -0.2) is 34.8 Å². The molecule has 2 aromatic rings. The molecule has 0 fully saturated rings. The van der Waals surface area contributed by atoms with Crippen molar-refractivity contribution in [1.29, 1.82) is 0 Å². The maximum atomic E-state index is 12.5. The van der Waals surface area contributed by atoms with Crippen molar-refractivity contribution < 1.29 is 4.79 Å². The third-order valence-electron chi connectivity index (χ3n) is 4.47. The molecule has 25 heavy (non-hydrogen) atoms. The predicted octanol–water partition coefficient (Wildman–Crippen LogP) is 1.07. The molecule has 0 saturated heterocycles. The maximum absolute atomic E-state index is 12.5. The van der Waals surface area contributed by atoms with E-state index in [1.165, 1.54) is 4.68 Å². The van der Waals surface area contributed by atoms with Crippen LogP contribution in [0, 0.1) is 0 Å². The number of hydrogen-bond donors (Lipinski definition) is 1. The number of aromatic nitrogens is 3. The van der Waals surface area contributed by atoms with Crippen LogP contribution in [0.15, 0.2) is 29.2 Å². The SMILES string of the molecule is C[C@H](C(=O)NCc1cccnc1N(C)C)n1nc2c(cc1=O)CCC2. The highest BCUT2D eigenvalue weighted by Gasteiger charge is 2.21. The maximum Gasteiger partial charge on any atom is 0.267 e. The smallest absolute Gasteiger partial charge is 0.267 e. The van der Waals surface area contributed by atoms with E-state index >= 15 is 0 Å². The predicted molar refractivity (Wildman–Crippen MR) is 95.6 cm³/mol. The lowest BCUT2D eigenvalue weighted by molar-refractivity contribution is -0.124. The van der Waals surface area contributed by atoms with Crippen molar-refractivity contribution in [3.05, 3.63) is 51.6 Å². The number of carbonyl (C=O) groups excluding carboxylic acids is 1. The Hall–Kier alpha value is -2.70. The summed E-state index contributed by atoms with van der Waals surface area (Å²) >= 11 is 0. The van der Waals surface area contributed by atoms with Crippen LogP contribution in [0.3, 0.4) is 0 Å². The monoisotopic (exact) mass is 341 g/mol. The molecule has 0 radical (unpaired) electrons. The lowest BCUT2D eigenvalue weighted by Crippen LogP contribution is -2.37. The van der Waals surface area contributed by atoms with E-state index in [0.29, 0.717) is 6.54 Å². The van der Waals surface area contributed by atoms with E-state index in [2.05, 4.69) is 15.4 Å². The number of hydrogen-bond acceptors (Lipinski definition) is 5. The van der Waals surface area contributed by atoms with E-state index in [-0.39, 0.29) is 11.5 Å². The van der Waals surface area contributed by atoms with E-state index in [1.807, 2.05) is 31.1 Å². The third kappa shape index (κ3) is 3.55. The lowest BCUT2D eigenvalue weighted by atomic mass is 10.2. The molecule has 0 aliphatic heterocycles. The highest BCUT2D eigenvalue weighted by molar-refractivity contribution is 5.79. The fourth-order valence-corrected chi connectivity index (χ4v) is 3.10. The van der Waals surface area contributed by atoms with Gasteiger partial charge in [-0.1, -0.05) is 6.07 Å². The Balaban J connectivity index is 1.73. The Bertz CT molecular complexity index is 844. The largest absolute Gasteiger partial charge is 0.362 e. The Morgan fingerprint density at radius 1 is 1.40 bits per heavy atom. The molecular formula is C18H23N5O2. The fraction of sp³-hybridized carbons (Fsp3) is 0.444. The van der Waals surface area contributed by atoms with Gasteiger partial charge in [-0.2, -0.15) is 5.10 Å². The van der Waals surface area contributed by atoms with Crippen LogP contribution in [0.5, 0.6) is 0 Å². The molecule has 1 amide bonds. The number of carbonyl (C=O) groups is 1. The molecule has 0 unspecified atom stereocenters. The molecule has 7 heteroatoms. The van der Waals surface area contributed by atoms with Gasteiger partial charge in [0.25, 0.3) is 5.56 Å². The van der Waals surface area contributed by atoms with Gasteiger partial charge < -0.3 is 10.2 Å². The summed E-state index contributed by atoms with van der Waals surface area (Å²) in [5.41, 5.74) is 2.64. The molecule has 7 nitrogen and oxygen atoms in total. The Morgan fingerprint density at radius 2 is 2.20 bits per heavy atom. The Labute approximate surface area is 146 Å². The second-order valence-corrected chi connectivity index (χ2v) is 6.53. The number of fused-ring (bicyclic) bond motifs is 1. The second-order valence-electron chi connectivity index (χ2n) is 6.53. The van der Waals surface area contributed by atoms with Crippen LogP contribution in [0.25, 0.3) is 0 Å². The Morgan fingerprint density at radius 3 is 2.96 bits per heavy atom. The zero-order chi connectivity index (χ0) is 18.0. The molecular weight excluding hydrogens is 318 g/mol. The van der Waals surface area contributed by atoms with Gasteiger partial charge in [-0.15, -0.1) is 0 Å². The van der Waals surface area contributed by atoms with Crippen LogP contribution >= 0.6 is 0 Å². The Kier molecular flexibility index (Phi) is 4.83. The molecule has 3 rings (SSSR count). The number of rotatable bonds is 5. The van der Waals surface area contributed by atoms with E-state index in [1.54, 1.807) is 19.2 Å². The summed E-state index contributed by atoms with van der Waals surface area (Å²) < 4.78 is 1.29. The standard InChI is InChI=1S/C18H23N5O2/c1-12(23-16(24)10-13-6-4-8-15(13)21-23)18(25)20-11-14-7-5-9-19-17(14)22(2)3/h5,7,9-10,12H,4,6,8,11H2,1-3H3,(H,20,25)/t12-/m1/s1. The van der Waals surface area contributed by atoms with Crippen LogP contribution in [-0.2, 0) is 24.2 Å². The molecule has 1 aliphatic rings. The van der Waals surface area contributed by atoms with Crippen molar-refractivity contribution in [3.63, 3.8) is 0 Å². The summed E-state index contributed by atoms with van der Waals surface area (Å²) in [6.07, 6.45) is 4.50. The molecule has 1 N–H and O–H groups in total. The first-order valence-corrected chi connectivity index (χ1v) is 8.48. The summed E-state index contributed by atoms with van der Waals surface area (Å²) in [7, 11) is 3.81. The molecule has 1 atom stereocenters. The minimum atomic E-state index is -0.655. The van der Waals surface area contributed by atoms with E-state index < -0.39 is 6.04 Å². The average Bonchev–Trinajstić information content (AvgIpc) is 3.05. The quantitative estimate of drug-likeness (QED) is 0.880. The number of aryl methyl sites for hydroxylation is 2. The number of nitrogens with one attached hydrogen (secondary N) is 1. The summed E-state index contributed by atoms with van der Waals surface area (Å²) in [5, 5.41) is 7.28. The summed E-state index contributed by atoms with van der Waals surface area (Å²) in [4.78, 5) is 31.0. The molecule has 2 heterocycles. The van der Waals surface area contributed by atoms with E-state index in [0.717, 1.165) is 41.9 Å². The average molecular weight is 341 g/mol. The molecule has 0 bridgehead atoms. The van der Waals surface area contributed by atoms with Crippen molar-refractivity contribution in [3.8, 4) is 0 Å². The number of nitrogens with zero attached hydrogens (tertiary/aromatic N) is 4. The zero-order valence-electron chi connectivity index (χ0n) is 14.8. The zero-order valence-corrected chi connectivity index (χ0v) is 14.8. The first-order chi connectivity index (χ1) is 12.0. The fourth-order valence-electron chi connectivity index (χ4n) is 3.10. The van der Waals surface area contributed by atoms with Crippen LogP contribution in [0.1, 0.15) is 36.2 Å². The number of pyridine rings is 1. The van der Waals surface area contributed by atoms with Crippen molar-refractivity contribution in [2.75, 3.05) is 19.0 Å². The highest BCUT2D eigenvalue weighted by atomic mass is 16.2. The molecule has 0 aromatic carbocycles. The summed E-state index contributed by atoms with van der Waals surface area (Å²) in [5.74, 6) is 0.574. The van der Waals surface area contributed by atoms with Crippen LogP contribution in [0.2, 0.25) is 0 Å². The van der Waals surface area contributed by atoms with Gasteiger partial charge in [0.05, 0.1) is 5.69 Å². The van der Waals surface area contributed by atoms with Gasteiger partial charge in [-0.25, -0.2) is 9.67 Å². The van der Waals surface area contributed by atoms with E-state index in [9.17, 15) is 9.59 Å². The molecule has 2 aromatic heterocycles. The lowest BCUT2D eigenvalue weighted by Gasteiger charge is -2.18. The minimum Gasteiger partial charge on any atom is -0.362 e. The van der Waals surface area contributed by atoms with Gasteiger partial charge in [-0.05, 0) is 37.8 Å². The summed E-state index contributed by atoms with van der Waals surface area (Å²) in [6, 6.07) is 4.72.